The first-order valence-corrected chi connectivity index (χ1v) is 8.73. The Morgan fingerprint density at radius 1 is 1.22 bits per heavy atom. The maximum atomic E-state index is 12.4. The Balaban J connectivity index is 1.61. The van der Waals surface area contributed by atoms with Crippen molar-refractivity contribution in [2.24, 2.45) is 0 Å². The van der Waals surface area contributed by atoms with Crippen LogP contribution >= 0.6 is 0 Å². The lowest BCUT2D eigenvalue weighted by molar-refractivity contribution is -0.110. The van der Waals surface area contributed by atoms with E-state index in [0.29, 0.717) is 18.1 Å². The summed E-state index contributed by atoms with van der Waals surface area (Å²) in [6.07, 6.45) is 7.10. The van der Waals surface area contributed by atoms with E-state index in [9.17, 15) is 4.79 Å². The number of aromatic amines is 1. The van der Waals surface area contributed by atoms with Crippen molar-refractivity contribution in [2.75, 3.05) is 23.8 Å². The summed E-state index contributed by atoms with van der Waals surface area (Å²) in [5.41, 5.74) is 7.19. The summed E-state index contributed by atoms with van der Waals surface area (Å²) in [5, 5.41) is 13.0. The number of nitrogens with one attached hydrogen (secondary N) is 3. The van der Waals surface area contributed by atoms with Gasteiger partial charge in [-0.3, -0.25) is 9.89 Å². The van der Waals surface area contributed by atoms with Crippen LogP contribution in [0.15, 0.2) is 36.8 Å². The third-order valence-electron chi connectivity index (χ3n) is 4.89. The number of pyridine rings is 1. The van der Waals surface area contributed by atoms with Crippen LogP contribution in [0, 0.1) is 6.92 Å². The van der Waals surface area contributed by atoms with Gasteiger partial charge in [0, 0.05) is 46.9 Å². The third-order valence-corrected chi connectivity index (χ3v) is 4.89. The number of ether oxygens (including phenoxy) is 1. The molecule has 0 saturated carbocycles. The minimum Gasteiger partial charge on any atom is -0.474 e. The fourth-order valence-electron chi connectivity index (χ4n) is 3.52. The van der Waals surface area contributed by atoms with Crippen molar-refractivity contribution in [2.45, 2.75) is 6.92 Å². The Kier molecular flexibility index (Phi) is 3.46. The fourth-order valence-corrected chi connectivity index (χ4v) is 3.52. The van der Waals surface area contributed by atoms with Crippen LogP contribution in [0.5, 0.6) is 5.88 Å². The van der Waals surface area contributed by atoms with Gasteiger partial charge in [-0.2, -0.15) is 5.10 Å². The molecule has 1 aromatic carbocycles. The lowest BCUT2D eigenvalue weighted by Crippen LogP contribution is -2.20. The summed E-state index contributed by atoms with van der Waals surface area (Å²) in [6, 6.07) is 5.96. The molecule has 5 rings (SSSR count). The maximum Gasteiger partial charge on any atom is 0.256 e. The molecule has 0 unspecified atom stereocenters. The van der Waals surface area contributed by atoms with E-state index in [1.807, 2.05) is 30.5 Å². The van der Waals surface area contributed by atoms with Crippen molar-refractivity contribution < 1.29 is 9.53 Å². The average molecular weight is 359 g/mol. The predicted octanol–water partition coefficient (Wildman–Crippen LogP) is 3.08. The van der Waals surface area contributed by atoms with Crippen LogP contribution in [0.4, 0.5) is 11.4 Å². The molecule has 2 aliphatic heterocycles. The van der Waals surface area contributed by atoms with Crippen LogP contribution in [0.1, 0.15) is 16.7 Å². The zero-order valence-electron chi connectivity index (χ0n) is 14.7. The molecular formula is C20H17N5O2. The molecule has 0 radical (unpaired) electrons. The number of aromatic nitrogens is 3. The highest BCUT2D eigenvalue weighted by Gasteiger charge is 2.25. The van der Waals surface area contributed by atoms with E-state index in [1.165, 1.54) is 0 Å². The number of benzene rings is 1. The second-order valence-electron chi connectivity index (χ2n) is 6.56. The number of fused-ring (bicyclic) bond motifs is 2. The lowest BCUT2D eigenvalue weighted by Gasteiger charge is -2.21. The summed E-state index contributed by atoms with van der Waals surface area (Å²) in [6.45, 7) is 3.43. The summed E-state index contributed by atoms with van der Waals surface area (Å²) in [4.78, 5) is 16.9. The molecule has 7 heteroatoms. The molecule has 4 heterocycles. The molecule has 134 valence electrons. The van der Waals surface area contributed by atoms with Gasteiger partial charge in [0.25, 0.3) is 5.91 Å². The number of rotatable bonds is 2. The Hall–Kier alpha value is -3.61. The maximum absolute atomic E-state index is 12.4. The number of carbonyl (C=O) groups is 1. The van der Waals surface area contributed by atoms with Crippen molar-refractivity contribution in [3.8, 4) is 17.0 Å². The number of carbonyl (C=O) groups excluding carboxylic acids is 1. The molecule has 2 aliphatic rings. The van der Waals surface area contributed by atoms with Gasteiger partial charge in [-0.15, -0.1) is 0 Å². The summed E-state index contributed by atoms with van der Waals surface area (Å²) in [5.74, 6) is 0.528. The largest absolute Gasteiger partial charge is 0.474 e. The van der Waals surface area contributed by atoms with E-state index in [0.717, 1.165) is 45.7 Å². The van der Waals surface area contributed by atoms with Crippen LogP contribution in [-0.2, 0) is 4.79 Å². The Labute approximate surface area is 155 Å². The topological polar surface area (TPSA) is 91.9 Å². The van der Waals surface area contributed by atoms with E-state index in [4.69, 9.17) is 4.74 Å². The second-order valence-corrected chi connectivity index (χ2v) is 6.56. The number of hydrogen-bond donors (Lipinski definition) is 3. The first-order valence-electron chi connectivity index (χ1n) is 8.73. The van der Waals surface area contributed by atoms with Crippen LogP contribution < -0.4 is 15.4 Å². The van der Waals surface area contributed by atoms with Crippen molar-refractivity contribution >= 4 is 28.9 Å². The van der Waals surface area contributed by atoms with Crippen molar-refractivity contribution in [1.29, 1.82) is 0 Å². The molecule has 0 atom stereocenters. The molecule has 0 aliphatic carbocycles. The van der Waals surface area contributed by atoms with Gasteiger partial charge in [-0.1, -0.05) is 6.07 Å². The van der Waals surface area contributed by atoms with E-state index in [-0.39, 0.29) is 5.91 Å². The quantitative estimate of drug-likeness (QED) is 0.612. The standard InChI is InChI=1S/C20H17N5O2/c1-11-16(10-22-20-18(11)21-4-5-27-20)13-2-3-17-14(7-13)15(19(26)25-17)6-12-8-23-24-9-12/h2-3,6-10,21H,4-5H2,1H3,(H,23,24)(H,25,26). The van der Waals surface area contributed by atoms with Crippen LogP contribution in [0.3, 0.4) is 0 Å². The molecule has 7 nitrogen and oxygen atoms in total. The summed E-state index contributed by atoms with van der Waals surface area (Å²) in [7, 11) is 0. The molecule has 0 bridgehead atoms. The normalized spacial score (nSPS) is 16.3. The number of nitrogens with zero attached hydrogens (tertiary/aromatic N) is 2. The van der Waals surface area contributed by atoms with Crippen LogP contribution in [0.25, 0.3) is 22.8 Å². The predicted molar refractivity (Wildman–Crippen MR) is 103 cm³/mol. The van der Waals surface area contributed by atoms with Crippen LogP contribution in [-0.4, -0.2) is 34.2 Å². The van der Waals surface area contributed by atoms with Gasteiger partial charge in [0.2, 0.25) is 5.88 Å². The minimum absolute atomic E-state index is 0.112. The molecule has 3 N–H and O–H groups in total. The van der Waals surface area contributed by atoms with E-state index < -0.39 is 0 Å². The number of amides is 1. The van der Waals surface area contributed by atoms with E-state index in [2.05, 4.69) is 32.7 Å². The molecule has 3 aromatic rings. The Morgan fingerprint density at radius 2 is 2.15 bits per heavy atom. The van der Waals surface area contributed by atoms with Gasteiger partial charge < -0.3 is 15.4 Å². The van der Waals surface area contributed by atoms with Gasteiger partial charge in [0.05, 0.1) is 6.20 Å². The average Bonchev–Trinajstić information content (AvgIpc) is 3.31. The van der Waals surface area contributed by atoms with Crippen molar-refractivity contribution in [1.82, 2.24) is 15.2 Å². The molecule has 0 fully saturated rings. The summed E-state index contributed by atoms with van der Waals surface area (Å²) < 4.78 is 5.61. The molecule has 1 amide bonds. The summed E-state index contributed by atoms with van der Waals surface area (Å²) >= 11 is 0. The van der Waals surface area contributed by atoms with Gasteiger partial charge in [0.1, 0.15) is 12.3 Å². The zero-order chi connectivity index (χ0) is 18.4. The van der Waals surface area contributed by atoms with Gasteiger partial charge in [-0.25, -0.2) is 4.98 Å². The van der Waals surface area contributed by atoms with E-state index in [1.54, 1.807) is 12.4 Å². The second kappa shape index (κ2) is 5.98. The van der Waals surface area contributed by atoms with Crippen molar-refractivity contribution in [3.05, 3.63) is 53.5 Å². The van der Waals surface area contributed by atoms with Gasteiger partial charge in [0.15, 0.2) is 0 Å². The first-order chi connectivity index (χ1) is 13.2. The smallest absolute Gasteiger partial charge is 0.256 e. The molecule has 0 saturated heterocycles. The highest BCUT2D eigenvalue weighted by atomic mass is 16.5. The van der Waals surface area contributed by atoms with Crippen LogP contribution in [0.2, 0.25) is 0 Å². The Bertz CT molecular complexity index is 1090. The molecular weight excluding hydrogens is 342 g/mol. The molecule has 0 spiro atoms. The van der Waals surface area contributed by atoms with E-state index >= 15 is 0 Å². The lowest BCUT2D eigenvalue weighted by atomic mass is 9.96. The minimum atomic E-state index is -0.112. The Morgan fingerprint density at radius 3 is 3.00 bits per heavy atom. The number of H-pyrrole nitrogens is 1. The number of anilines is 2. The van der Waals surface area contributed by atoms with Gasteiger partial charge >= 0.3 is 0 Å². The third kappa shape index (κ3) is 2.55. The monoisotopic (exact) mass is 359 g/mol. The van der Waals surface area contributed by atoms with Crippen molar-refractivity contribution in [3.63, 3.8) is 0 Å². The fraction of sp³-hybridized carbons (Fsp3) is 0.150. The number of hydrogen-bond acceptors (Lipinski definition) is 5. The SMILES string of the molecule is Cc1c(-c2ccc3c(c2)C(=Cc2cn[nH]c2)C(=O)N3)cnc2c1NCCO2. The molecule has 27 heavy (non-hydrogen) atoms. The van der Waals surface area contributed by atoms with Gasteiger partial charge in [-0.05, 0) is 36.3 Å². The highest BCUT2D eigenvalue weighted by Crippen LogP contribution is 2.39. The first kappa shape index (κ1) is 15.6. The molecule has 2 aromatic heterocycles. The zero-order valence-corrected chi connectivity index (χ0v) is 14.7. The highest BCUT2D eigenvalue weighted by molar-refractivity contribution is 6.35.